The molecule has 1 aliphatic carbocycles. The monoisotopic (exact) mass is 327 g/mol. The zero-order chi connectivity index (χ0) is 16.4. The van der Waals surface area contributed by atoms with E-state index < -0.39 is 0 Å². The van der Waals surface area contributed by atoms with Gasteiger partial charge in [-0.25, -0.2) is 9.50 Å². The summed E-state index contributed by atoms with van der Waals surface area (Å²) >= 11 is 0. The second-order valence-electron chi connectivity index (χ2n) is 7.04. The van der Waals surface area contributed by atoms with E-state index in [4.69, 9.17) is 0 Å². The Morgan fingerprint density at radius 3 is 2.92 bits per heavy atom. The number of imidazole rings is 1. The zero-order valence-electron chi connectivity index (χ0n) is 14.0. The fraction of sp³-hybridized carbons (Fsp3) is 0.611. The SMILES string of the molecule is O=C(NC1CCCN(C2CCCCC2)C1)c1cnc2cccnn12. The van der Waals surface area contributed by atoms with Crippen molar-refractivity contribution in [3.63, 3.8) is 0 Å². The molecule has 24 heavy (non-hydrogen) atoms. The summed E-state index contributed by atoms with van der Waals surface area (Å²) < 4.78 is 1.61. The third-order valence-electron chi connectivity index (χ3n) is 5.39. The van der Waals surface area contributed by atoms with Crippen molar-refractivity contribution in [1.82, 2.24) is 24.8 Å². The van der Waals surface area contributed by atoms with Gasteiger partial charge in [-0.2, -0.15) is 5.10 Å². The lowest BCUT2D eigenvalue weighted by Gasteiger charge is -2.40. The van der Waals surface area contributed by atoms with Gasteiger partial charge in [-0.1, -0.05) is 19.3 Å². The minimum absolute atomic E-state index is 0.0725. The van der Waals surface area contributed by atoms with E-state index in [-0.39, 0.29) is 11.9 Å². The molecule has 2 aromatic rings. The van der Waals surface area contributed by atoms with Crippen molar-refractivity contribution in [3.8, 4) is 0 Å². The average Bonchev–Trinajstić information content (AvgIpc) is 3.07. The van der Waals surface area contributed by atoms with Crippen molar-refractivity contribution in [2.75, 3.05) is 13.1 Å². The quantitative estimate of drug-likeness (QED) is 0.939. The number of hydrogen-bond acceptors (Lipinski definition) is 4. The molecule has 3 heterocycles. The molecule has 2 aromatic heterocycles. The third kappa shape index (κ3) is 3.15. The van der Waals surface area contributed by atoms with Crippen LogP contribution in [0.2, 0.25) is 0 Å². The third-order valence-corrected chi connectivity index (χ3v) is 5.39. The summed E-state index contributed by atoms with van der Waals surface area (Å²) in [6.07, 6.45) is 12.2. The fourth-order valence-corrected chi connectivity index (χ4v) is 4.15. The Morgan fingerprint density at radius 2 is 2.04 bits per heavy atom. The zero-order valence-corrected chi connectivity index (χ0v) is 14.0. The molecule has 0 bridgehead atoms. The number of nitrogens with one attached hydrogen (secondary N) is 1. The molecule has 6 heteroatoms. The van der Waals surface area contributed by atoms with Gasteiger partial charge in [0.05, 0.1) is 6.20 Å². The van der Waals surface area contributed by atoms with Gasteiger partial charge in [0.2, 0.25) is 0 Å². The maximum Gasteiger partial charge on any atom is 0.271 e. The average molecular weight is 327 g/mol. The predicted octanol–water partition coefficient (Wildman–Crippen LogP) is 2.26. The Morgan fingerprint density at radius 1 is 1.17 bits per heavy atom. The molecule has 1 amide bonds. The van der Waals surface area contributed by atoms with Gasteiger partial charge in [0.15, 0.2) is 5.65 Å². The molecule has 1 saturated carbocycles. The highest BCUT2D eigenvalue weighted by molar-refractivity contribution is 5.93. The van der Waals surface area contributed by atoms with Gasteiger partial charge in [-0.05, 0) is 44.4 Å². The summed E-state index contributed by atoms with van der Waals surface area (Å²) in [5.41, 5.74) is 1.22. The number of carbonyl (C=O) groups excluding carboxylic acids is 1. The standard InChI is InChI=1S/C18H25N5O/c24-18(16-12-19-17-9-4-10-20-23(16)17)21-14-6-5-11-22(13-14)15-7-2-1-3-8-15/h4,9-10,12,14-15H,1-3,5-8,11,13H2,(H,21,24). The number of fused-ring (bicyclic) bond motifs is 1. The molecule has 2 aliphatic rings. The van der Waals surface area contributed by atoms with E-state index in [0.717, 1.165) is 25.4 Å². The first-order chi connectivity index (χ1) is 11.8. The maximum atomic E-state index is 12.6. The Bertz CT molecular complexity index is 706. The van der Waals surface area contributed by atoms with Gasteiger partial charge in [0.1, 0.15) is 5.69 Å². The van der Waals surface area contributed by atoms with Crippen molar-refractivity contribution in [2.45, 2.75) is 57.0 Å². The summed E-state index contributed by atoms with van der Waals surface area (Å²) in [5.74, 6) is -0.0725. The molecule has 0 radical (unpaired) electrons. The predicted molar refractivity (Wildman–Crippen MR) is 91.9 cm³/mol. The Balaban J connectivity index is 1.41. The van der Waals surface area contributed by atoms with E-state index in [1.54, 1.807) is 16.9 Å². The van der Waals surface area contributed by atoms with Crippen LogP contribution in [0.4, 0.5) is 0 Å². The van der Waals surface area contributed by atoms with Crippen LogP contribution in [-0.2, 0) is 0 Å². The number of hydrogen-bond donors (Lipinski definition) is 1. The molecule has 128 valence electrons. The van der Waals surface area contributed by atoms with Gasteiger partial charge >= 0.3 is 0 Å². The van der Waals surface area contributed by atoms with Gasteiger partial charge in [-0.15, -0.1) is 0 Å². The first-order valence-corrected chi connectivity index (χ1v) is 9.15. The van der Waals surface area contributed by atoms with Gasteiger partial charge in [0, 0.05) is 24.8 Å². The molecule has 2 fully saturated rings. The lowest BCUT2D eigenvalue weighted by atomic mass is 9.92. The van der Waals surface area contributed by atoms with Gasteiger partial charge < -0.3 is 5.32 Å². The second kappa shape index (κ2) is 6.89. The molecule has 0 aromatic carbocycles. The number of amides is 1. The molecular formula is C18H25N5O. The largest absolute Gasteiger partial charge is 0.347 e. The van der Waals surface area contributed by atoms with Crippen molar-refractivity contribution < 1.29 is 4.79 Å². The Labute approximate surface area is 142 Å². The van der Waals surface area contributed by atoms with Crippen LogP contribution in [-0.4, -0.2) is 50.6 Å². The summed E-state index contributed by atoms with van der Waals surface area (Å²) in [6, 6.07) is 4.63. The number of nitrogens with zero attached hydrogens (tertiary/aromatic N) is 4. The number of piperidine rings is 1. The number of likely N-dealkylation sites (tertiary alicyclic amines) is 1. The molecule has 1 unspecified atom stereocenters. The van der Waals surface area contributed by atoms with Gasteiger partial charge in [-0.3, -0.25) is 9.69 Å². The highest BCUT2D eigenvalue weighted by Gasteiger charge is 2.28. The summed E-state index contributed by atoms with van der Waals surface area (Å²) in [6.45, 7) is 2.15. The lowest BCUT2D eigenvalue weighted by molar-refractivity contribution is 0.0829. The van der Waals surface area contributed by atoms with Crippen LogP contribution in [0.25, 0.3) is 5.65 Å². The van der Waals surface area contributed by atoms with Crippen LogP contribution in [0.15, 0.2) is 24.5 Å². The van der Waals surface area contributed by atoms with Crippen LogP contribution in [0.5, 0.6) is 0 Å². The molecule has 1 aliphatic heterocycles. The van der Waals surface area contributed by atoms with Crippen LogP contribution < -0.4 is 5.32 Å². The number of aromatic nitrogens is 3. The molecule has 0 spiro atoms. The van der Waals surface area contributed by atoms with Crippen molar-refractivity contribution >= 4 is 11.6 Å². The van der Waals surface area contributed by atoms with Crippen LogP contribution >= 0.6 is 0 Å². The summed E-state index contributed by atoms with van der Waals surface area (Å²) in [7, 11) is 0. The van der Waals surface area contributed by atoms with E-state index in [1.807, 2.05) is 12.1 Å². The van der Waals surface area contributed by atoms with E-state index in [1.165, 1.54) is 38.6 Å². The van der Waals surface area contributed by atoms with E-state index >= 15 is 0 Å². The molecule has 6 nitrogen and oxygen atoms in total. The van der Waals surface area contributed by atoms with Crippen LogP contribution in [0.3, 0.4) is 0 Å². The van der Waals surface area contributed by atoms with E-state index in [0.29, 0.717) is 11.3 Å². The molecule has 4 rings (SSSR count). The van der Waals surface area contributed by atoms with E-state index in [2.05, 4.69) is 20.3 Å². The highest BCUT2D eigenvalue weighted by atomic mass is 16.2. The molecule has 1 N–H and O–H groups in total. The van der Waals surface area contributed by atoms with Crippen LogP contribution in [0, 0.1) is 0 Å². The molecular weight excluding hydrogens is 302 g/mol. The minimum atomic E-state index is -0.0725. The maximum absolute atomic E-state index is 12.6. The Kier molecular flexibility index (Phi) is 4.47. The number of carbonyl (C=O) groups is 1. The van der Waals surface area contributed by atoms with Crippen molar-refractivity contribution in [2.24, 2.45) is 0 Å². The normalized spacial score (nSPS) is 23.4. The smallest absolute Gasteiger partial charge is 0.271 e. The summed E-state index contributed by atoms with van der Waals surface area (Å²) in [5, 5.41) is 7.43. The minimum Gasteiger partial charge on any atom is -0.347 e. The first-order valence-electron chi connectivity index (χ1n) is 9.15. The topological polar surface area (TPSA) is 62.5 Å². The highest BCUT2D eigenvalue weighted by Crippen LogP contribution is 2.25. The first kappa shape index (κ1) is 15.6. The molecule has 1 atom stereocenters. The molecule has 1 saturated heterocycles. The van der Waals surface area contributed by atoms with Crippen molar-refractivity contribution in [3.05, 3.63) is 30.2 Å². The van der Waals surface area contributed by atoms with Crippen molar-refractivity contribution in [1.29, 1.82) is 0 Å². The second-order valence-corrected chi connectivity index (χ2v) is 7.04. The number of rotatable bonds is 3. The Hall–Kier alpha value is -1.95. The van der Waals surface area contributed by atoms with Crippen LogP contribution in [0.1, 0.15) is 55.4 Å². The lowest BCUT2D eigenvalue weighted by Crippen LogP contribution is -2.51. The van der Waals surface area contributed by atoms with Gasteiger partial charge in [0.25, 0.3) is 5.91 Å². The summed E-state index contributed by atoms with van der Waals surface area (Å²) in [4.78, 5) is 19.5. The fourth-order valence-electron chi connectivity index (χ4n) is 4.15. The van der Waals surface area contributed by atoms with E-state index in [9.17, 15) is 4.79 Å².